The van der Waals surface area contributed by atoms with Crippen LogP contribution in [0.4, 0.5) is 0 Å². The number of benzene rings is 1. The predicted molar refractivity (Wildman–Crippen MR) is 111 cm³/mol. The van der Waals surface area contributed by atoms with Gasteiger partial charge in [0, 0.05) is 40.1 Å². The van der Waals surface area contributed by atoms with Gasteiger partial charge in [-0.3, -0.25) is 23.9 Å². The van der Waals surface area contributed by atoms with Crippen molar-refractivity contribution in [3.05, 3.63) is 29.3 Å². The molecule has 1 fully saturated rings. The molecule has 2 heterocycles. The summed E-state index contributed by atoms with van der Waals surface area (Å²) in [6, 6.07) is 4.66. The molecule has 8 heteroatoms. The van der Waals surface area contributed by atoms with Crippen molar-refractivity contribution in [2.75, 3.05) is 11.1 Å². The molecule has 0 bridgehead atoms. The number of hydrogen-bond donors (Lipinski definition) is 1. The average molecular weight is 469 g/mol. The van der Waals surface area contributed by atoms with Gasteiger partial charge in [-0.2, -0.15) is 0 Å². The Morgan fingerprint density at radius 3 is 2.61 bits per heavy atom. The van der Waals surface area contributed by atoms with Crippen molar-refractivity contribution in [2.45, 2.75) is 62.4 Å². The van der Waals surface area contributed by atoms with E-state index in [4.69, 9.17) is 0 Å². The van der Waals surface area contributed by atoms with Crippen LogP contribution in [0.5, 0.6) is 0 Å². The number of fused-ring (bicyclic) bond motifs is 1. The number of rotatable bonds is 9. The van der Waals surface area contributed by atoms with Gasteiger partial charge in [-0.25, -0.2) is 0 Å². The first-order valence-electron chi connectivity index (χ1n) is 9.74. The number of alkyl halides is 1. The fraction of sp³-hybridized carbons (Fsp3) is 0.550. The molecule has 3 amide bonds. The summed E-state index contributed by atoms with van der Waals surface area (Å²) in [5.41, 5.74) is 1.28. The summed E-state index contributed by atoms with van der Waals surface area (Å²) < 4.78 is 12.8. The third kappa shape index (κ3) is 4.71. The molecule has 6 nitrogen and oxygen atoms in total. The molecule has 0 aromatic heterocycles. The number of amides is 3. The van der Waals surface area contributed by atoms with Crippen LogP contribution in [0.2, 0.25) is 0 Å². The van der Waals surface area contributed by atoms with Crippen molar-refractivity contribution in [2.24, 2.45) is 0 Å². The largest absolute Gasteiger partial charge is 0.322 e. The second kappa shape index (κ2) is 9.78. The van der Waals surface area contributed by atoms with Crippen LogP contribution in [0, 0.1) is 0 Å². The molecule has 1 aromatic rings. The SMILES string of the molecule is O=C1CCC(N2Cc3c(cccc3S(=O)CCCCCCCBr)C2=O)C(=O)N1. The van der Waals surface area contributed by atoms with Gasteiger partial charge >= 0.3 is 0 Å². The molecule has 2 unspecified atom stereocenters. The normalized spacial score (nSPS) is 20.2. The number of unbranched alkanes of at least 4 members (excludes halogenated alkanes) is 4. The van der Waals surface area contributed by atoms with Crippen molar-refractivity contribution >= 4 is 44.5 Å². The van der Waals surface area contributed by atoms with Crippen LogP contribution >= 0.6 is 15.9 Å². The fourth-order valence-electron chi connectivity index (χ4n) is 3.74. The van der Waals surface area contributed by atoms with Crippen LogP contribution in [0.3, 0.4) is 0 Å². The van der Waals surface area contributed by atoms with Crippen molar-refractivity contribution < 1.29 is 18.6 Å². The lowest BCUT2D eigenvalue weighted by Crippen LogP contribution is -2.52. The molecular formula is C20H25BrN2O4S. The molecule has 2 aliphatic heterocycles. The van der Waals surface area contributed by atoms with E-state index in [0.717, 1.165) is 36.6 Å². The average Bonchev–Trinajstić information content (AvgIpc) is 3.01. The van der Waals surface area contributed by atoms with Crippen LogP contribution in [0.15, 0.2) is 23.1 Å². The first kappa shape index (κ1) is 21.2. The minimum atomic E-state index is -1.16. The molecule has 0 spiro atoms. The highest BCUT2D eigenvalue weighted by molar-refractivity contribution is 9.09. The lowest BCUT2D eigenvalue weighted by Gasteiger charge is -2.29. The van der Waals surface area contributed by atoms with Crippen LogP contribution in [0.25, 0.3) is 0 Å². The fourth-order valence-corrected chi connectivity index (χ4v) is 5.50. The van der Waals surface area contributed by atoms with E-state index in [1.165, 1.54) is 11.3 Å². The molecule has 28 heavy (non-hydrogen) atoms. The molecule has 0 radical (unpaired) electrons. The van der Waals surface area contributed by atoms with Crippen molar-refractivity contribution in [1.82, 2.24) is 10.2 Å². The van der Waals surface area contributed by atoms with Crippen LogP contribution in [0.1, 0.15) is 60.9 Å². The lowest BCUT2D eigenvalue weighted by atomic mass is 10.0. The summed E-state index contributed by atoms with van der Waals surface area (Å²) >= 11 is 3.42. The Bertz CT molecular complexity index is 798. The van der Waals surface area contributed by atoms with Crippen LogP contribution < -0.4 is 5.32 Å². The number of hydrogen-bond acceptors (Lipinski definition) is 4. The van der Waals surface area contributed by atoms with Crippen molar-refractivity contribution in [1.29, 1.82) is 0 Å². The highest BCUT2D eigenvalue weighted by Gasteiger charge is 2.40. The Morgan fingerprint density at radius 2 is 1.86 bits per heavy atom. The lowest BCUT2D eigenvalue weighted by molar-refractivity contribution is -0.136. The number of nitrogens with one attached hydrogen (secondary N) is 1. The zero-order chi connectivity index (χ0) is 20.1. The van der Waals surface area contributed by atoms with E-state index >= 15 is 0 Å². The zero-order valence-corrected chi connectivity index (χ0v) is 18.1. The van der Waals surface area contributed by atoms with E-state index in [1.807, 2.05) is 6.07 Å². The van der Waals surface area contributed by atoms with Crippen LogP contribution in [-0.4, -0.2) is 44.0 Å². The molecule has 152 valence electrons. The highest BCUT2D eigenvalue weighted by atomic mass is 79.9. The smallest absolute Gasteiger partial charge is 0.255 e. The van der Waals surface area contributed by atoms with Gasteiger partial charge < -0.3 is 4.90 Å². The topological polar surface area (TPSA) is 83.6 Å². The molecule has 2 aliphatic rings. The number of halogens is 1. The third-order valence-electron chi connectivity index (χ3n) is 5.25. The van der Waals surface area contributed by atoms with E-state index in [1.54, 1.807) is 12.1 Å². The van der Waals surface area contributed by atoms with Gasteiger partial charge in [-0.15, -0.1) is 0 Å². The summed E-state index contributed by atoms with van der Waals surface area (Å²) in [6.07, 6.45) is 5.97. The Hall–Kier alpha value is -1.54. The maximum atomic E-state index is 12.8. The third-order valence-corrected chi connectivity index (χ3v) is 7.34. The van der Waals surface area contributed by atoms with Gasteiger partial charge in [-0.05, 0) is 31.4 Å². The van der Waals surface area contributed by atoms with E-state index in [9.17, 15) is 18.6 Å². The molecular weight excluding hydrogens is 444 g/mol. The molecule has 0 saturated carbocycles. The minimum absolute atomic E-state index is 0.224. The predicted octanol–water partition coefficient (Wildman–Crippen LogP) is 2.90. The van der Waals surface area contributed by atoms with Crippen molar-refractivity contribution in [3.63, 3.8) is 0 Å². The summed E-state index contributed by atoms with van der Waals surface area (Å²) in [4.78, 5) is 38.6. The Balaban J connectivity index is 1.66. The second-order valence-corrected chi connectivity index (χ2v) is 9.52. The Morgan fingerprint density at radius 1 is 1.11 bits per heavy atom. The molecule has 2 atom stereocenters. The van der Waals surface area contributed by atoms with Gasteiger partial charge in [-0.1, -0.05) is 41.3 Å². The Labute approximate surface area is 176 Å². The standard InChI is InChI=1S/C20H25BrN2O4S/c21-11-4-2-1-3-5-12-28(27)17-8-6-7-14-15(17)13-23(20(14)26)16-9-10-18(24)22-19(16)25/h6-8,16H,1-5,9-13H2,(H,22,24,25). The van der Waals surface area contributed by atoms with E-state index in [0.29, 0.717) is 22.6 Å². The number of carbonyl (C=O) groups excluding carboxylic acids is 3. The summed E-state index contributed by atoms with van der Waals surface area (Å²) in [5.74, 6) is -0.373. The quantitative estimate of drug-likeness (QED) is 0.343. The van der Waals surface area contributed by atoms with E-state index in [2.05, 4.69) is 21.2 Å². The van der Waals surface area contributed by atoms with Gasteiger partial charge in [0.25, 0.3) is 5.91 Å². The number of imide groups is 1. The maximum Gasteiger partial charge on any atom is 0.255 e. The molecule has 3 rings (SSSR count). The van der Waals surface area contributed by atoms with Gasteiger partial charge in [0.1, 0.15) is 6.04 Å². The van der Waals surface area contributed by atoms with Gasteiger partial charge in [0.05, 0.1) is 10.8 Å². The summed E-state index contributed by atoms with van der Waals surface area (Å²) in [7, 11) is -1.16. The summed E-state index contributed by atoms with van der Waals surface area (Å²) in [6.45, 7) is 0.271. The molecule has 0 aliphatic carbocycles. The molecule has 1 aromatic carbocycles. The van der Waals surface area contributed by atoms with Crippen LogP contribution in [-0.2, 0) is 26.9 Å². The van der Waals surface area contributed by atoms with Crippen molar-refractivity contribution in [3.8, 4) is 0 Å². The minimum Gasteiger partial charge on any atom is -0.322 e. The summed E-state index contributed by atoms with van der Waals surface area (Å²) in [5, 5.41) is 3.33. The zero-order valence-electron chi connectivity index (χ0n) is 15.7. The highest BCUT2D eigenvalue weighted by Crippen LogP contribution is 2.31. The molecule has 1 saturated heterocycles. The maximum absolute atomic E-state index is 12.8. The number of carbonyl (C=O) groups is 3. The molecule has 1 N–H and O–H groups in total. The Kier molecular flexibility index (Phi) is 7.40. The first-order valence-corrected chi connectivity index (χ1v) is 12.2. The number of piperidine rings is 1. The van der Waals surface area contributed by atoms with Gasteiger partial charge in [0.2, 0.25) is 11.8 Å². The van der Waals surface area contributed by atoms with E-state index in [-0.39, 0.29) is 24.8 Å². The number of nitrogens with zero attached hydrogens (tertiary/aromatic N) is 1. The monoisotopic (exact) mass is 468 g/mol. The first-order chi connectivity index (χ1) is 13.5. The second-order valence-electron chi connectivity index (χ2n) is 7.19. The van der Waals surface area contributed by atoms with E-state index < -0.39 is 22.7 Å². The van der Waals surface area contributed by atoms with Gasteiger partial charge in [0.15, 0.2) is 0 Å².